The van der Waals surface area contributed by atoms with Gasteiger partial charge in [0, 0.05) is 25.0 Å². The Morgan fingerprint density at radius 3 is 2.65 bits per heavy atom. The summed E-state index contributed by atoms with van der Waals surface area (Å²) >= 11 is 0. The van der Waals surface area contributed by atoms with E-state index in [0.717, 1.165) is 25.3 Å². The van der Waals surface area contributed by atoms with Crippen LogP contribution in [0.2, 0.25) is 0 Å². The zero-order valence-corrected chi connectivity index (χ0v) is 12.9. The van der Waals surface area contributed by atoms with Crippen molar-refractivity contribution in [1.29, 1.82) is 0 Å². The molecule has 0 aliphatic heterocycles. The van der Waals surface area contributed by atoms with Gasteiger partial charge in [-0.3, -0.25) is 9.36 Å². The van der Waals surface area contributed by atoms with Gasteiger partial charge < -0.3 is 5.32 Å². The molecular weight excluding hydrogens is 250 g/mol. The van der Waals surface area contributed by atoms with Gasteiger partial charge in [-0.25, -0.2) is 0 Å². The molecule has 0 spiro atoms. The smallest absolute Gasteiger partial charge is 0.0853 e. The summed E-state index contributed by atoms with van der Waals surface area (Å²) in [6.45, 7) is 11.3. The van der Waals surface area contributed by atoms with Crippen LogP contribution in [-0.4, -0.2) is 26.1 Å². The minimum absolute atomic E-state index is 0.397. The van der Waals surface area contributed by atoms with Crippen molar-refractivity contribution in [3.05, 3.63) is 35.9 Å². The number of rotatable bonds is 7. The average Bonchev–Trinajstić information content (AvgIpc) is 2.99. The highest BCUT2D eigenvalue weighted by Crippen LogP contribution is 2.07. The molecule has 0 aromatic carbocycles. The predicted molar refractivity (Wildman–Crippen MR) is 80.5 cm³/mol. The second-order valence-electron chi connectivity index (χ2n) is 5.89. The Morgan fingerprint density at radius 1 is 1.20 bits per heavy atom. The Balaban J connectivity index is 1.97. The maximum absolute atomic E-state index is 4.57. The lowest BCUT2D eigenvalue weighted by molar-refractivity contribution is 0.510. The largest absolute Gasteiger partial charge is 0.311 e. The van der Waals surface area contributed by atoms with Gasteiger partial charge in [0.15, 0.2) is 0 Å². The predicted octanol–water partition coefficient (Wildman–Crippen LogP) is 2.45. The van der Waals surface area contributed by atoms with Gasteiger partial charge in [0.25, 0.3) is 0 Å². The topological polar surface area (TPSA) is 47.7 Å². The third-order valence-electron chi connectivity index (χ3n) is 3.17. The molecule has 0 amide bonds. The Morgan fingerprint density at radius 2 is 2.00 bits per heavy atom. The van der Waals surface area contributed by atoms with Crippen molar-refractivity contribution < 1.29 is 0 Å². The van der Waals surface area contributed by atoms with Gasteiger partial charge in [0.1, 0.15) is 0 Å². The molecule has 0 radical (unpaired) electrons. The quantitative estimate of drug-likeness (QED) is 0.844. The summed E-state index contributed by atoms with van der Waals surface area (Å²) in [7, 11) is 0. The van der Waals surface area contributed by atoms with Crippen molar-refractivity contribution in [3.8, 4) is 0 Å². The first-order valence-corrected chi connectivity index (χ1v) is 7.31. The molecule has 0 bridgehead atoms. The Bertz CT molecular complexity index is 524. The molecule has 0 saturated carbocycles. The molecular formula is C15H25N5. The minimum Gasteiger partial charge on any atom is -0.311 e. The number of hydrogen-bond acceptors (Lipinski definition) is 3. The summed E-state index contributed by atoms with van der Waals surface area (Å²) in [5.41, 5.74) is 2.25. The first kappa shape index (κ1) is 14.8. The number of nitrogens with zero attached hydrogens (tertiary/aromatic N) is 4. The first-order chi connectivity index (χ1) is 9.56. The van der Waals surface area contributed by atoms with Gasteiger partial charge >= 0.3 is 0 Å². The van der Waals surface area contributed by atoms with E-state index in [0.29, 0.717) is 12.0 Å². The van der Waals surface area contributed by atoms with Crippen molar-refractivity contribution in [2.45, 2.75) is 46.8 Å². The number of aromatic nitrogens is 4. The van der Waals surface area contributed by atoms with Crippen LogP contribution in [0, 0.1) is 5.92 Å². The molecule has 2 heterocycles. The lowest BCUT2D eigenvalue weighted by atomic mass is 10.2. The van der Waals surface area contributed by atoms with E-state index in [1.54, 1.807) is 0 Å². The van der Waals surface area contributed by atoms with Crippen LogP contribution in [0.25, 0.3) is 0 Å². The SMILES string of the molecule is CC(C)CNCc1ccnn1Cc1ccn(C(C)C)n1. The summed E-state index contributed by atoms with van der Waals surface area (Å²) in [6.07, 6.45) is 3.88. The van der Waals surface area contributed by atoms with Gasteiger partial charge in [-0.1, -0.05) is 13.8 Å². The number of nitrogens with one attached hydrogen (secondary N) is 1. The van der Waals surface area contributed by atoms with Crippen LogP contribution in [-0.2, 0) is 13.1 Å². The molecule has 5 nitrogen and oxygen atoms in total. The fourth-order valence-electron chi connectivity index (χ4n) is 2.04. The third-order valence-corrected chi connectivity index (χ3v) is 3.17. The zero-order chi connectivity index (χ0) is 14.5. The van der Waals surface area contributed by atoms with Crippen LogP contribution >= 0.6 is 0 Å². The normalized spacial score (nSPS) is 11.7. The van der Waals surface area contributed by atoms with Crippen LogP contribution in [0.3, 0.4) is 0 Å². The zero-order valence-electron chi connectivity index (χ0n) is 12.9. The first-order valence-electron chi connectivity index (χ1n) is 7.31. The Hall–Kier alpha value is -1.62. The van der Waals surface area contributed by atoms with Gasteiger partial charge in [0.05, 0.1) is 17.9 Å². The van der Waals surface area contributed by atoms with Crippen LogP contribution in [0.4, 0.5) is 0 Å². The van der Waals surface area contributed by atoms with Crippen molar-refractivity contribution in [2.75, 3.05) is 6.54 Å². The van der Waals surface area contributed by atoms with Crippen molar-refractivity contribution in [2.24, 2.45) is 5.92 Å². The van der Waals surface area contributed by atoms with E-state index in [1.807, 2.05) is 21.8 Å². The summed E-state index contributed by atoms with van der Waals surface area (Å²) in [5, 5.41) is 12.4. The molecule has 0 unspecified atom stereocenters. The van der Waals surface area contributed by atoms with Crippen LogP contribution in [0.1, 0.15) is 45.1 Å². The van der Waals surface area contributed by atoms with Gasteiger partial charge in [0.2, 0.25) is 0 Å². The van der Waals surface area contributed by atoms with E-state index < -0.39 is 0 Å². The molecule has 20 heavy (non-hydrogen) atoms. The number of hydrogen-bond donors (Lipinski definition) is 1. The summed E-state index contributed by atoms with van der Waals surface area (Å²) in [5.74, 6) is 0.660. The van der Waals surface area contributed by atoms with Gasteiger partial charge in [-0.15, -0.1) is 0 Å². The molecule has 110 valence electrons. The standard InChI is InChI=1S/C15H25N5/c1-12(2)9-16-10-15-5-7-17-20(15)11-14-6-8-19(18-14)13(3)4/h5-8,12-13,16H,9-11H2,1-4H3. The maximum Gasteiger partial charge on any atom is 0.0853 e. The molecule has 0 saturated heterocycles. The summed E-state index contributed by atoms with van der Waals surface area (Å²) in [4.78, 5) is 0. The van der Waals surface area contributed by atoms with Crippen molar-refractivity contribution >= 4 is 0 Å². The summed E-state index contributed by atoms with van der Waals surface area (Å²) in [6, 6.07) is 4.52. The summed E-state index contributed by atoms with van der Waals surface area (Å²) < 4.78 is 4.00. The molecule has 5 heteroatoms. The maximum atomic E-state index is 4.57. The van der Waals surface area contributed by atoms with E-state index in [1.165, 1.54) is 5.69 Å². The van der Waals surface area contributed by atoms with Crippen LogP contribution in [0.15, 0.2) is 24.5 Å². The van der Waals surface area contributed by atoms with Gasteiger partial charge in [-0.2, -0.15) is 10.2 Å². The molecule has 2 aromatic rings. The fourth-order valence-corrected chi connectivity index (χ4v) is 2.04. The second-order valence-corrected chi connectivity index (χ2v) is 5.89. The Labute approximate surface area is 121 Å². The molecule has 0 aliphatic rings. The van der Waals surface area contributed by atoms with E-state index in [-0.39, 0.29) is 0 Å². The monoisotopic (exact) mass is 275 g/mol. The molecule has 1 N–H and O–H groups in total. The minimum atomic E-state index is 0.397. The van der Waals surface area contributed by atoms with E-state index in [9.17, 15) is 0 Å². The van der Waals surface area contributed by atoms with E-state index in [4.69, 9.17) is 0 Å². The highest BCUT2D eigenvalue weighted by Gasteiger charge is 2.07. The third kappa shape index (κ3) is 3.93. The van der Waals surface area contributed by atoms with Crippen LogP contribution < -0.4 is 5.32 Å². The van der Waals surface area contributed by atoms with Crippen LogP contribution in [0.5, 0.6) is 0 Å². The Kier molecular flexibility index (Phi) is 4.95. The lowest BCUT2D eigenvalue weighted by Crippen LogP contribution is -2.21. The van der Waals surface area contributed by atoms with E-state index >= 15 is 0 Å². The molecule has 2 aromatic heterocycles. The molecule has 0 aliphatic carbocycles. The highest BCUT2D eigenvalue weighted by molar-refractivity contribution is 5.06. The van der Waals surface area contributed by atoms with Crippen molar-refractivity contribution in [3.63, 3.8) is 0 Å². The van der Waals surface area contributed by atoms with Crippen molar-refractivity contribution in [1.82, 2.24) is 24.9 Å². The molecule has 2 rings (SSSR count). The average molecular weight is 275 g/mol. The molecule has 0 fully saturated rings. The highest BCUT2D eigenvalue weighted by atomic mass is 15.3. The van der Waals surface area contributed by atoms with Gasteiger partial charge in [-0.05, 0) is 38.4 Å². The lowest BCUT2D eigenvalue weighted by Gasteiger charge is -2.09. The second kappa shape index (κ2) is 6.70. The molecule has 0 atom stereocenters. The van der Waals surface area contributed by atoms with E-state index in [2.05, 4.69) is 55.3 Å². The fraction of sp³-hybridized carbons (Fsp3) is 0.600.